The molecule has 3 rings (SSSR count). The first-order valence-corrected chi connectivity index (χ1v) is 8.55. The fraction of sp³-hybridized carbons (Fsp3) is 0.118. The van der Waals surface area contributed by atoms with Crippen molar-refractivity contribution in [2.75, 3.05) is 14.2 Å². The zero-order valence-electron chi connectivity index (χ0n) is 13.1. The van der Waals surface area contributed by atoms with E-state index >= 15 is 0 Å². The van der Waals surface area contributed by atoms with Crippen molar-refractivity contribution in [3.8, 4) is 5.75 Å². The fourth-order valence-corrected chi connectivity index (χ4v) is 4.13. The molecule has 1 N–H and O–H groups in total. The summed E-state index contributed by atoms with van der Waals surface area (Å²) in [6.45, 7) is 0. The third-order valence-corrected chi connectivity index (χ3v) is 5.52. The third kappa shape index (κ3) is 2.52. The minimum absolute atomic E-state index is 0.0962. The minimum atomic E-state index is -3.92. The molecule has 0 radical (unpaired) electrons. The van der Waals surface area contributed by atoms with Crippen LogP contribution in [0.15, 0.2) is 58.3 Å². The number of fused-ring (bicyclic) bond motifs is 1. The number of methoxy groups -OCH3 is 2. The van der Waals surface area contributed by atoms with Gasteiger partial charge in [0.05, 0.1) is 19.1 Å². The molecule has 2 aromatic carbocycles. The number of aromatic nitrogens is 1. The Bertz CT molecular complexity index is 1010. The van der Waals surface area contributed by atoms with E-state index in [4.69, 9.17) is 9.47 Å². The van der Waals surface area contributed by atoms with E-state index in [0.29, 0.717) is 16.7 Å². The van der Waals surface area contributed by atoms with Crippen LogP contribution in [0.1, 0.15) is 10.5 Å². The van der Waals surface area contributed by atoms with E-state index in [0.717, 1.165) is 0 Å². The number of sulfone groups is 1. The van der Waals surface area contributed by atoms with Gasteiger partial charge in [-0.2, -0.15) is 0 Å². The zero-order chi connectivity index (χ0) is 17.3. The molecule has 0 fully saturated rings. The Morgan fingerprint density at radius 3 is 2.38 bits per heavy atom. The van der Waals surface area contributed by atoms with Gasteiger partial charge in [0.1, 0.15) is 16.3 Å². The van der Waals surface area contributed by atoms with Crippen LogP contribution in [-0.4, -0.2) is 33.6 Å². The van der Waals surface area contributed by atoms with Gasteiger partial charge >= 0.3 is 5.97 Å². The van der Waals surface area contributed by atoms with E-state index in [2.05, 4.69) is 4.98 Å². The number of carbonyl (C=O) groups is 1. The van der Waals surface area contributed by atoms with E-state index in [1.54, 1.807) is 36.4 Å². The molecule has 3 aromatic rings. The van der Waals surface area contributed by atoms with Crippen LogP contribution < -0.4 is 4.74 Å². The number of nitrogens with one attached hydrogen (secondary N) is 1. The summed E-state index contributed by atoms with van der Waals surface area (Å²) in [5.41, 5.74) is 0.398. The fourth-order valence-electron chi connectivity index (χ4n) is 2.52. The Balaban J connectivity index is 2.38. The van der Waals surface area contributed by atoms with E-state index in [1.807, 2.05) is 0 Å². The van der Waals surface area contributed by atoms with Crippen molar-refractivity contribution in [2.45, 2.75) is 9.79 Å². The topological polar surface area (TPSA) is 85.5 Å². The predicted octanol–water partition coefficient (Wildman–Crippen LogP) is 2.80. The Morgan fingerprint density at radius 2 is 1.75 bits per heavy atom. The van der Waals surface area contributed by atoms with Crippen molar-refractivity contribution in [1.29, 1.82) is 0 Å². The van der Waals surface area contributed by atoms with Gasteiger partial charge in [-0.3, -0.25) is 0 Å². The first-order valence-electron chi connectivity index (χ1n) is 7.07. The Hall–Kier alpha value is -2.80. The van der Waals surface area contributed by atoms with Gasteiger partial charge in [-0.25, -0.2) is 13.2 Å². The lowest BCUT2D eigenvalue weighted by molar-refractivity contribution is 0.0590. The first-order chi connectivity index (χ1) is 11.5. The SMILES string of the molecule is COC(=O)c1[nH]c2ccc(OC)cc2c1S(=O)(=O)c1ccccc1. The van der Waals surface area contributed by atoms with Gasteiger partial charge in [0, 0.05) is 10.9 Å². The molecule has 0 aliphatic carbocycles. The number of hydrogen-bond donors (Lipinski definition) is 1. The Kier molecular flexibility index (Phi) is 4.02. The first kappa shape index (κ1) is 16.1. The molecule has 0 aliphatic heterocycles. The van der Waals surface area contributed by atoms with Gasteiger partial charge in [0.25, 0.3) is 0 Å². The average molecular weight is 345 g/mol. The number of hydrogen-bond acceptors (Lipinski definition) is 5. The van der Waals surface area contributed by atoms with Crippen molar-refractivity contribution in [3.05, 3.63) is 54.2 Å². The largest absolute Gasteiger partial charge is 0.497 e. The molecule has 0 saturated heterocycles. The molecule has 1 aromatic heterocycles. The highest BCUT2D eigenvalue weighted by Gasteiger charge is 2.30. The van der Waals surface area contributed by atoms with Crippen LogP contribution >= 0.6 is 0 Å². The molecule has 0 aliphatic rings. The third-order valence-electron chi connectivity index (χ3n) is 3.67. The summed E-state index contributed by atoms with van der Waals surface area (Å²) in [7, 11) is -1.23. The normalized spacial score (nSPS) is 11.4. The highest BCUT2D eigenvalue weighted by Crippen LogP contribution is 2.34. The van der Waals surface area contributed by atoms with Gasteiger partial charge in [-0.1, -0.05) is 18.2 Å². The van der Waals surface area contributed by atoms with E-state index in [-0.39, 0.29) is 15.5 Å². The highest BCUT2D eigenvalue weighted by molar-refractivity contribution is 7.91. The Labute approximate surface area is 138 Å². The van der Waals surface area contributed by atoms with Gasteiger partial charge in [-0.05, 0) is 30.3 Å². The summed E-state index contributed by atoms with van der Waals surface area (Å²) in [6.07, 6.45) is 0. The van der Waals surface area contributed by atoms with Crippen LogP contribution in [0.2, 0.25) is 0 Å². The molecule has 7 heteroatoms. The molecule has 1 heterocycles. The second-order valence-electron chi connectivity index (χ2n) is 5.05. The van der Waals surface area contributed by atoms with Crippen LogP contribution in [0.4, 0.5) is 0 Å². The summed E-state index contributed by atoms with van der Waals surface area (Å²) < 4.78 is 36.1. The second kappa shape index (κ2) is 6.01. The summed E-state index contributed by atoms with van der Waals surface area (Å²) in [6, 6.07) is 12.8. The number of benzene rings is 2. The van der Waals surface area contributed by atoms with Crippen LogP contribution in [0, 0.1) is 0 Å². The van der Waals surface area contributed by atoms with Crippen molar-refractivity contribution in [3.63, 3.8) is 0 Å². The van der Waals surface area contributed by atoms with E-state index in [9.17, 15) is 13.2 Å². The van der Waals surface area contributed by atoms with Gasteiger partial charge in [0.15, 0.2) is 0 Å². The number of H-pyrrole nitrogens is 1. The number of ether oxygens (including phenoxy) is 2. The summed E-state index contributed by atoms with van der Waals surface area (Å²) >= 11 is 0. The number of carbonyl (C=O) groups excluding carboxylic acids is 1. The standard InChI is InChI=1S/C17H15NO5S/c1-22-11-8-9-14-13(10-11)16(15(18-14)17(19)23-2)24(20,21)12-6-4-3-5-7-12/h3-10,18H,1-2H3. The second-order valence-corrected chi connectivity index (χ2v) is 6.94. The molecule has 0 saturated carbocycles. The average Bonchev–Trinajstić information content (AvgIpc) is 3.01. The van der Waals surface area contributed by atoms with Crippen LogP contribution in [0.3, 0.4) is 0 Å². The molecule has 124 valence electrons. The zero-order valence-corrected chi connectivity index (χ0v) is 13.9. The smallest absolute Gasteiger partial charge is 0.355 e. The number of rotatable bonds is 4. The summed E-state index contributed by atoms with van der Waals surface area (Å²) in [5.74, 6) is -0.262. The molecule has 0 bridgehead atoms. The maximum Gasteiger partial charge on any atom is 0.355 e. The summed E-state index contributed by atoms with van der Waals surface area (Å²) in [4.78, 5) is 14.9. The predicted molar refractivity (Wildman–Crippen MR) is 88.1 cm³/mol. The monoisotopic (exact) mass is 345 g/mol. The van der Waals surface area contributed by atoms with E-state index in [1.165, 1.54) is 26.4 Å². The lowest BCUT2D eigenvalue weighted by Crippen LogP contribution is -2.10. The molecular weight excluding hydrogens is 330 g/mol. The van der Waals surface area contributed by atoms with Gasteiger partial charge in [-0.15, -0.1) is 0 Å². The lowest BCUT2D eigenvalue weighted by atomic mass is 10.2. The minimum Gasteiger partial charge on any atom is -0.497 e. The maximum absolute atomic E-state index is 13.1. The van der Waals surface area contributed by atoms with Gasteiger partial charge in [0.2, 0.25) is 9.84 Å². The van der Waals surface area contributed by atoms with Crippen molar-refractivity contribution in [1.82, 2.24) is 4.98 Å². The van der Waals surface area contributed by atoms with Crippen molar-refractivity contribution >= 4 is 26.7 Å². The maximum atomic E-state index is 13.1. The number of aromatic amines is 1. The van der Waals surface area contributed by atoms with Crippen LogP contribution in [0.25, 0.3) is 10.9 Å². The van der Waals surface area contributed by atoms with Crippen LogP contribution in [-0.2, 0) is 14.6 Å². The van der Waals surface area contributed by atoms with Crippen molar-refractivity contribution < 1.29 is 22.7 Å². The molecular formula is C17H15NO5S. The van der Waals surface area contributed by atoms with Crippen molar-refractivity contribution in [2.24, 2.45) is 0 Å². The lowest BCUT2D eigenvalue weighted by Gasteiger charge is -2.06. The molecule has 0 unspecified atom stereocenters. The van der Waals surface area contributed by atoms with Crippen LogP contribution in [0.5, 0.6) is 5.75 Å². The molecule has 0 amide bonds. The molecule has 0 atom stereocenters. The highest BCUT2D eigenvalue weighted by atomic mass is 32.2. The van der Waals surface area contributed by atoms with Gasteiger partial charge < -0.3 is 14.5 Å². The van der Waals surface area contributed by atoms with E-state index < -0.39 is 15.8 Å². The molecule has 0 spiro atoms. The molecule has 24 heavy (non-hydrogen) atoms. The molecule has 6 nitrogen and oxygen atoms in total. The quantitative estimate of drug-likeness (QED) is 0.735. The Morgan fingerprint density at radius 1 is 1.04 bits per heavy atom. The summed E-state index contributed by atoms with van der Waals surface area (Å²) in [5, 5.41) is 0.374. The number of esters is 1.